The number of carbonyl (C=O) groups is 1. The molecule has 96 valence electrons. The van der Waals surface area contributed by atoms with E-state index in [0.29, 0.717) is 12.5 Å². The molecule has 2 fully saturated rings. The molecule has 1 heterocycles. The minimum atomic E-state index is -0.223. The molecular weight excluding hydrogens is 224 g/mol. The van der Waals surface area contributed by atoms with E-state index in [1.165, 1.54) is 5.56 Å². The van der Waals surface area contributed by atoms with Crippen LogP contribution in [0.4, 0.5) is 0 Å². The van der Waals surface area contributed by atoms with Gasteiger partial charge in [-0.05, 0) is 31.2 Å². The van der Waals surface area contributed by atoms with Crippen LogP contribution >= 0.6 is 0 Å². The fourth-order valence-corrected chi connectivity index (χ4v) is 3.13. The lowest BCUT2D eigenvalue weighted by Crippen LogP contribution is -2.45. The van der Waals surface area contributed by atoms with E-state index < -0.39 is 0 Å². The van der Waals surface area contributed by atoms with Crippen LogP contribution in [0.2, 0.25) is 0 Å². The minimum absolute atomic E-state index is 0.223. The minimum Gasteiger partial charge on any atom is -0.338 e. The van der Waals surface area contributed by atoms with E-state index in [9.17, 15) is 4.79 Å². The Morgan fingerprint density at radius 1 is 1.33 bits per heavy atom. The quantitative estimate of drug-likeness (QED) is 0.879. The van der Waals surface area contributed by atoms with Gasteiger partial charge in [-0.2, -0.15) is 0 Å². The highest BCUT2D eigenvalue weighted by atomic mass is 16.2. The Labute approximate surface area is 108 Å². The Hall–Kier alpha value is -1.35. The number of hydrogen-bond acceptors (Lipinski definition) is 2. The van der Waals surface area contributed by atoms with Crippen LogP contribution < -0.4 is 5.73 Å². The summed E-state index contributed by atoms with van der Waals surface area (Å²) in [4.78, 5) is 14.8. The number of nitrogens with two attached hydrogens (primary N) is 1. The van der Waals surface area contributed by atoms with Crippen molar-refractivity contribution < 1.29 is 4.79 Å². The second-order valence-corrected chi connectivity index (χ2v) is 5.48. The first-order chi connectivity index (χ1) is 8.78. The lowest BCUT2D eigenvalue weighted by molar-refractivity contribution is -0.134. The first-order valence-electron chi connectivity index (χ1n) is 6.84. The van der Waals surface area contributed by atoms with E-state index in [-0.39, 0.29) is 11.5 Å². The van der Waals surface area contributed by atoms with Crippen molar-refractivity contribution in [2.24, 2.45) is 5.73 Å². The first-order valence-corrected chi connectivity index (χ1v) is 6.84. The highest BCUT2D eigenvalue weighted by Crippen LogP contribution is 2.50. The lowest BCUT2D eigenvalue weighted by atomic mass is 9.94. The second kappa shape index (κ2) is 4.39. The Balaban J connectivity index is 1.84. The van der Waals surface area contributed by atoms with Crippen LogP contribution in [0.3, 0.4) is 0 Å². The maximum atomic E-state index is 12.8. The van der Waals surface area contributed by atoms with Gasteiger partial charge in [-0.1, -0.05) is 30.3 Å². The van der Waals surface area contributed by atoms with E-state index in [2.05, 4.69) is 12.1 Å². The molecule has 1 aliphatic carbocycles. The van der Waals surface area contributed by atoms with Crippen molar-refractivity contribution in [2.75, 3.05) is 13.1 Å². The van der Waals surface area contributed by atoms with Crippen LogP contribution in [0.15, 0.2) is 30.3 Å². The molecule has 2 aliphatic rings. The van der Waals surface area contributed by atoms with Crippen LogP contribution in [-0.4, -0.2) is 29.9 Å². The van der Waals surface area contributed by atoms with Gasteiger partial charge in [-0.3, -0.25) is 4.79 Å². The third-order valence-corrected chi connectivity index (χ3v) is 4.40. The van der Waals surface area contributed by atoms with Gasteiger partial charge in [0.2, 0.25) is 5.91 Å². The summed E-state index contributed by atoms with van der Waals surface area (Å²) in [5.41, 5.74) is 6.73. The topological polar surface area (TPSA) is 46.3 Å². The molecule has 18 heavy (non-hydrogen) atoms. The van der Waals surface area contributed by atoms with E-state index in [4.69, 9.17) is 5.73 Å². The summed E-state index contributed by atoms with van der Waals surface area (Å²) in [6.07, 6.45) is 4.14. The molecule has 0 aromatic heterocycles. The van der Waals surface area contributed by atoms with Crippen LogP contribution in [0.1, 0.15) is 31.2 Å². The number of hydrogen-bond donors (Lipinski definition) is 1. The van der Waals surface area contributed by atoms with Crippen LogP contribution in [0.5, 0.6) is 0 Å². The van der Waals surface area contributed by atoms with Gasteiger partial charge in [0, 0.05) is 19.1 Å². The molecule has 1 saturated carbocycles. The predicted octanol–water partition coefficient (Wildman–Crippen LogP) is 1.67. The molecule has 0 bridgehead atoms. The summed E-state index contributed by atoms with van der Waals surface area (Å²) in [5, 5.41) is 0. The molecule has 1 atom stereocenters. The van der Waals surface area contributed by atoms with Gasteiger partial charge in [-0.25, -0.2) is 0 Å². The number of amides is 1. The highest BCUT2D eigenvalue weighted by Gasteiger charge is 2.54. The summed E-state index contributed by atoms with van der Waals surface area (Å²) in [6, 6.07) is 10.5. The Kier molecular flexibility index (Phi) is 2.86. The monoisotopic (exact) mass is 244 g/mol. The van der Waals surface area contributed by atoms with Crippen LogP contribution in [0, 0.1) is 0 Å². The van der Waals surface area contributed by atoms with Gasteiger partial charge in [0.1, 0.15) is 0 Å². The standard InChI is InChI=1S/C15H20N2O/c16-11-13-7-4-10-17(13)14(18)15(8-9-15)12-5-2-1-3-6-12/h1-3,5-6,13H,4,7-11,16H2. The molecule has 3 nitrogen and oxygen atoms in total. The highest BCUT2D eigenvalue weighted by molar-refractivity contribution is 5.91. The molecule has 1 aliphatic heterocycles. The van der Waals surface area contributed by atoms with Gasteiger partial charge >= 0.3 is 0 Å². The van der Waals surface area contributed by atoms with Crippen molar-refractivity contribution >= 4 is 5.91 Å². The summed E-state index contributed by atoms with van der Waals surface area (Å²) in [5.74, 6) is 0.307. The molecule has 1 saturated heterocycles. The number of carbonyl (C=O) groups excluding carboxylic acids is 1. The van der Waals surface area contributed by atoms with Crippen molar-refractivity contribution in [2.45, 2.75) is 37.1 Å². The summed E-state index contributed by atoms with van der Waals surface area (Å²) in [6.45, 7) is 1.48. The predicted molar refractivity (Wildman–Crippen MR) is 71.1 cm³/mol. The molecule has 1 unspecified atom stereocenters. The molecule has 1 aromatic rings. The van der Waals surface area contributed by atoms with E-state index >= 15 is 0 Å². The van der Waals surface area contributed by atoms with Crippen molar-refractivity contribution in [3.8, 4) is 0 Å². The summed E-state index contributed by atoms with van der Waals surface area (Å²) in [7, 11) is 0. The Morgan fingerprint density at radius 3 is 2.67 bits per heavy atom. The Bertz CT molecular complexity index is 439. The first kappa shape index (κ1) is 11.7. The fourth-order valence-electron chi connectivity index (χ4n) is 3.13. The van der Waals surface area contributed by atoms with Gasteiger partial charge in [0.15, 0.2) is 0 Å². The molecule has 0 spiro atoms. The van der Waals surface area contributed by atoms with Gasteiger partial charge in [0.05, 0.1) is 5.41 Å². The van der Waals surface area contributed by atoms with Crippen molar-refractivity contribution in [3.05, 3.63) is 35.9 Å². The van der Waals surface area contributed by atoms with Crippen LogP contribution in [0.25, 0.3) is 0 Å². The maximum absolute atomic E-state index is 12.8. The molecule has 1 aromatic carbocycles. The average Bonchev–Trinajstić information content (AvgIpc) is 3.10. The van der Waals surface area contributed by atoms with Crippen LogP contribution in [-0.2, 0) is 10.2 Å². The smallest absolute Gasteiger partial charge is 0.233 e. The summed E-state index contributed by atoms with van der Waals surface area (Å²) >= 11 is 0. The van der Waals surface area contributed by atoms with E-state index in [1.807, 2.05) is 23.1 Å². The van der Waals surface area contributed by atoms with Crippen molar-refractivity contribution in [1.29, 1.82) is 0 Å². The number of nitrogens with zero attached hydrogens (tertiary/aromatic N) is 1. The average molecular weight is 244 g/mol. The number of rotatable bonds is 3. The molecule has 3 heteroatoms. The van der Waals surface area contributed by atoms with E-state index in [0.717, 1.165) is 32.2 Å². The zero-order chi connectivity index (χ0) is 12.6. The molecule has 0 radical (unpaired) electrons. The largest absolute Gasteiger partial charge is 0.338 e. The number of benzene rings is 1. The molecule has 3 rings (SSSR count). The zero-order valence-corrected chi connectivity index (χ0v) is 10.6. The molecule has 1 amide bonds. The van der Waals surface area contributed by atoms with Crippen molar-refractivity contribution in [3.63, 3.8) is 0 Å². The third kappa shape index (κ3) is 1.74. The second-order valence-electron chi connectivity index (χ2n) is 5.48. The fraction of sp³-hybridized carbons (Fsp3) is 0.533. The Morgan fingerprint density at radius 2 is 2.06 bits per heavy atom. The van der Waals surface area contributed by atoms with Crippen molar-refractivity contribution in [1.82, 2.24) is 4.90 Å². The van der Waals surface area contributed by atoms with Gasteiger partial charge in [-0.15, -0.1) is 0 Å². The lowest BCUT2D eigenvalue weighted by Gasteiger charge is -2.28. The maximum Gasteiger partial charge on any atom is 0.233 e. The zero-order valence-electron chi connectivity index (χ0n) is 10.6. The third-order valence-electron chi connectivity index (χ3n) is 4.40. The molecular formula is C15H20N2O. The number of likely N-dealkylation sites (tertiary alicyclic amines) is 1. The van der Waals surface area contributed by atoms with E-state index in [1.54, 1.807) is 0 Å². The summed E-state index contributed by atoms with van der Waals surface area (Å²) < 4.78 is 0. The SMILES string of the molecule is NCC1CCCN1C(=O)C1(c2ccccc2)CC1. The molecule has 2 N–H and O–H groups in total. The van der Waals surface area contributed by atoms with Gasteiger partial charge < -0.3 is 10.6 Å². The van der Waals surface area contributed by atoms with Gasteiger partial charge in [0.25, 0.3) is 0 Å². The normalized spacial score (nSPS) is 25.2.